The summed E-state index contributed by atoms with van der Waals surface area (Å²) in [5.41, 5.74) is 4.90. The molecule has 4 aromatic carbocycles. The number of nitrogens with zero attached hydrogens (tertiary/aromatic N) is 1. The lowest BCUT2D eigenvalue weighted by molar-refractivity contribution is -0.138. The number of halogens is 3. The van der Waals surface area contributed by atoms with Crippen LogP contribution in [0.3, 0.4) is 0 Å². The lowest BCUT2D eigenvalue weighted by Crippen LogP contribution is -2.37. The number of amides is 2. The van der Waals surface area contributed by atoms with Gasteiger partial charge in [-0.2, -0.15) is 13.2 Å². The molecule has 0 radical (unpaired) electrons. The molecule has 1 unspecified atom stereocenters. The van der Waals surface area contributed by atoms with Gasteiger partial charge < -0.3 is 25.1 Å². The molecule has 1 heterocycles. The molecule has 0 saturated carbocycles. The second-order valence-electron chi connectivity index (χ2n) is 11.7. The number of anilines is 2. The van der Waals surface area contributed by atoms with Crippen LogP contribution >= 0.6 is 0 Å². The van der Waals surface area contributed by atoms with Crippen LogP contribution in [0.15, 0.2) is 84.9 Å². The molecule has 242 valence electrons. The number of nitrogens with one attached hydrogen (secondary N) is 2. The summed E-state index contributed by atoms with van der Waals surface area (Å²) in [7, 11) is 0. The van der Waals surface area contributed by atoms with Crippen molar-refractivity contribution in [3.63, 3.8) is 0 Å². The lowest BCUT2D eigenvalue weighted by atomic mass is 9.87. The third-order valence-corrected chi connectivity index (χ3v) is 8.54. The van der Waals surface area contributed by atoms with Crippen molar-refractivity contribution in [3.8, 4) is 22.6 Å². The molecule has 1 atom stereocenters. The maximum absolute atomic E-state index is 14.0. The van der Waals surface area contributed by atoms with E-state index in [1.54, 1.807) is 48.5 Å². The summed E-state index contributed by atoms with van der Waals surface area (Å²) in [5, 5.41) is 5.24. The Kier molecular flexibility index (Phi) is 9.29. The zero-order valence-corrected chi connectivity index (χ0v) is 25.6. The van der Waals surface area contributed by atoms with Crippen molar-refractivity contribution in [3.05, 3.63) is 107 Å². The van der Waals surface area contributed by atoms with E-state index in [9.17, 15) is 27.6 Å². The molecule has 1 fully saturated rings. The molecule has 6 rings (SSSR count). The first-order valence-electron chi connectivity index (χ1n) is 15.7. The Balaban J connectivity index is 1.48. The monoisotopic (exact) mass is 641 g/mol. The van der Waals surface area contributed by atoms with Crippen LogP contribution < -0.4 is 20.3 Å². The van der Waals surface area contributed by atoms with Gasteiger partial charge in [0.25, 0.3) is 5.91 Å². The van der Waals surface area contributed by atoms with Gasteiger partial charge in [-0.15, -0.1) is 0 Å². The van der Waals surface area contributed by atoms with Gasteiger partial charge in [0.15, 0.2) is 0 Å². The number of para-hydroxylation sites is 2. The SMILES string of the molecule is O=CCCCc1c2c(cc(NC(=O)c3ccccc3Oc3ccccc3)c1N1CCCC1)-c1ccccc1C2C(=O)NCC(F)(F)F. The van der Waals surface area contributed by atoms with Crippen LogP contribution in [0.5, 0.6) is 11.5 Å². The minimum absolute atomic E-state index is 0.271. The zero-order valence-electron chi connectivity index (χ0n) is 25.6. The highest BCUT2D eigenvalue weighted by atomic mass is 19.4. The Morgan fingerprint density at radius 3 is 2.36 bits per heavy atom. The maximum atomic E-state index is 14.0. The van der Waals surface area contributed by atoms with E-state index in [1.165, 1.54) is 0 Å². The van der Waals surface area contributed by atoms with E-state index >= 15 is 0 Å². The number of hydrogen-bond donors (Lipinski definition) is 2. The lowest BCUT2D eigenvalue weighted by Gasteiger charge is -2.29. The van der Waals surface area contributed by atoms with E-state index in [1.807, 2.05) is 36.4 Å². The van der Waals surface area contributed by atoms with Gasteiger partial charge in [0.1, 0.15) is 24.3 Å². The quantitative estimate of drug-likeness (QED) is 0.130. The summed E-state index contributed by atoms with van der Waals surface area (Å²) < 4.78 is 45.7. The van der Waals surface area contributed by atoms with Crippen molar-refractivity contribution in [1.29, 1.82) is 0 Å². The van der Waals surface area contributed by atoms with E-state index in [0.29, 0.717) is 70.9 Å². The average molecular weight is 642 g/mol. The third-order valence-electron chi connectivity index (χ3n) is 8.54. The highest BCUT2D eigenvalue weighted by molar-refractivity contribution is 6.09. The largest absolute Gasteiger partial charge is 0.457 e. The Morgan fingerprint density at radius 1 is 0.915 bits per heavy atom. The molecule has 47 heavy (non-hydrogen) atoms. The molecular weight excluding hydrogens is 607 g/mol. The van der Waals surface area contributed by atoms with Crippen molar-refractivity contribution in [1.82, 2.24) is 5.32 Å². The van der Waals surface area contributed by atoms with Gasteiger partial charge in [0.2, 0.25) is 5.91 Å². The van der Waals surface area contributed by atoms with Crippen LogP contribution in [-0.2, 0) is 16.0 Å². The van der Waals surface area contributed by atoms with E-state index < -0.39 is 30.5 Å². The second-order valence-corrected chi connectivity index (χ2v) is 11.7. The fourth-order valence-corrected chi connectivity index (χ4v) is 6.57. The molecule has 2 N–H and O–H groups in total. The van der Waals surface area contributed by atoms with Crippen LogP contribution in [0.2, 0.25) is 0 Å². The minimum atomic E-state index is -4.57. The number of carbonyl (C=O) groups excluding carboxylic acids is 3. The first kappa shape index (κ1) is 31.8. The van der Waals surface area contributed by atoms with Crippen molar-refractivity contribution in [2.24, 2.45) is 0 Å². The number of benzene rings is 4. The first-order chi connectivity index (χ1) is 22.7. The molecule has 10 heteroatoms. The Labute approximate surface area is 270 Å². The predicted molar refractivity (Wildman–Crippen MR) is 174 cm³/mol. The number of rotatable bonds is 11. The number of hydrogen-bond acceptors (Lipinski definition) is 5. The van der Waals surface area contributed by atoms with E-state index in [0.717, 1.165) is 30.4 Å². The second kappa shape index (κ2) is 13.7. The molecule has 0 spiro atoms. The molecule has 0 aromatic heterocycles. The summed E-state index contributed by atoms with van der Waals surface area (Å²) in [5.74, 6) is -1.19. The van der Waals surface area contributed by atoms with Crippen molar-refractivity contribution >= 4 is 29.5 Å². The van der Waals surface area contributed by atoms with E-state index in [4.69, 9.17) is 4.74 Å². The van der Waals surface area contributed by atoms with Crippen LogP contribution in [0.25, 0.3) is 11.1 Å². The summed E-state index contributed by atoms with van der Waals surface area (Å²) >= 11 is 0. The topological polar surface area (TPSA) is 87.7 Å². The van der Waals surface area contributed by atoms with Gasteiger partial charge in [0, 0.05) is 19.5 Å². The van der Waals surface area contributed by atoms with E-state index in [-0.39, 0.29) is 6.42 Å². The number of fused-ring (bicyclic) bond motifs is 3. The fraction of sp³-hybridized carbons (Fsp3) is 0.270. The van der Waals surface area contributed by atoms with Crippen molar-refractivity contribution in [2.75, 3.05) is 29.9 Å². The average Bonchev–Trinajstić information content (AvgIpc) is 3.71. The van der Waals surface area contributed by atoms with Gasteiger partial charge in [-0.1, -0.05) is 54.6 Å². The summed E-state index contributed by atoms with van der Waals surface area (Å²) in [6.45, 7) is -0.0419. The number of carbonyl (C=O) groups is 3. The van der Waals surface area contributed by atoms with Gasteiger partial charge in [-0.05, 0) is 83.8 Å². The van der Waals surface area contributed by atoms with Crippen molar-refractivity contribution < 1.29 is 32.3 Å². The molecule has 0 bridgehead atoms. The standard InChI is InChI=1S/C37H34F3N3O4/c38-37(39,40)23-41-36(46)33-26-15-5-4-14-25(26)29-22-30(34(43-19-9-10-20-43)28(32(29)33)17-8-11-21-44)42-35(45)27-16-6-7-18-31(27)47-24-12-2-1-3-13-24/h1-7,12-16,18,21-22,33H,8-11,17,19-20,23H2,(H,41,46)(H,42,45). The first-order valence-corrected chi connectivity index (χ1v) is 15.7. The normalized spacial score (nSPS) is 15.1. The fourth-order valence-electron chi connectivity index (χ4n) is 6.57. The summed E-state index contributed by atoms with van der Waals surface area (Å²) in [6.07, 6.45) is -0.779. The van der Waals surface area contributed by atoms with Crippen LogP contribution in [0, 0.1) is 0 Å². The van der Waals surface area contributed by atoms with Crippen LogP contribution in [-0.4, -0.2) is 43.9 Å². The number of unbranched alkanes of at least 4 members (excludes halogenated alkanes) is 1. The highest BCUT2D eigenvalue weighted by Crippen LogP contribution is 2.52. The van der Waals surface area contributed by atoms with Crippen LogP contribution in [0.4, 0.5) is 24.5 Å². The zero-order chi connectivity index (χ0) is 33.0. The number of ether oxygens (including phenoxy) is 1. The minimum Gasteiger partial charge on any atom is -0.457 e. The van der Waals surface area contributed by atoms with Gasteiger partial charge in [-0.3, -0.25) is 9.59 Å². The molecule has 4 aromatic rings. The molecule has 2 aliphatic rings. The Morgan fingerprint density at radius 2 is 1.62 bits per heavy atom. The third kappa shape index (κ3) is 6.86. The predicted octanol–water partition coefficient (Wildman–Crippen LogP) is 7.64. The summed E-state index contributed by atoms with van der Waals surface area (Å²) in [6, 6.07) is 25.1. The van der Waals surface area contributed by atoms with Gasteiger partial charge >= 0.3 is 6.18 Å². The van der Waals surface area contributed by atoms with E-state index in [2.05, 4.69) is 15.5 Å². The maximum Gasteiger partial charge on any atom is 0.405 e. The van der Waals surface area contributed by atoms with Gasteiger partial charge in [0.05, 0.1) is 22.9 Å². The smallest absolute Gasteiger partial charge is 0.405 e. The molecular formula is C37H34F3N3O4. The Bertz CT molecular complexity index is 1790. The summed E-state index contributed by atoms with van der Waals surface area (Å²) in [4.78, 5) is 41.2. The highest BCUT2D eigenvalue weighted by Gasteiger charge is 2.40. The number of alkyl halides is 3. The van der Waals surface area contributed by atoms with Crippen molar-refractivity contribution in [2.45, 2.75) is 44.2 Å². The molecule has 1 aliphatic heterocycles. The molecule has 2 amide bonds. The van der Waals surface area contributed by atoms with Crippen LogP contribution in [0.1, 0.15) is 58.6 Å². The molecule has 7 nitrogen and oxygen atoms in total. The number of aldehydes is 1. The molecule has 1 saturated heterocycles. The molecule has 1 aliphatic carbocycles. The Hall–Kier alpha value is -5.12. The van der Waals surface area contributed by atoms with Gasteiger partial charge in [-0.25, -0.2) is 0 Å².